The van der Waals surface area contributed by atoms with Crippen LogP contribution in [0.15, 0.2) is 12.3 Å². The summed E-state index contributed by atoms with van der Waals surface area (Å²) < 4.78 is 17.6. The molecule has 0 aliphatic carbocycles. The number of hydrogen-bond donors (Lipinski definition) is 0. The normalized spacial score (nSPS) is 16.9. The SMILES string of the molecule is COC(=O)c1nccc(N2CCC(F)CC2)n1. The molecule has 0 unspecified atom stereocenters. The largest absolute Gasteiger partial charge is 0.463 e. The molecule has 2 heterocycles. The number of halogens is 1. The number of methoxy groups -OCH3 is 1. The first-order valence-electron chi connectivity index (χ1n) is 5.51. The lowest BCUT2D eigenvalue weighted by atomic mass is 10.1. The highest BCUT2D eigenvalue weighted by atomic mass is 19.1. The van der Waals surface area contributed by atoms with Gasteiger partial charge in [-0.2, -0.15) is 0 Å². The van der Waals surface area contributed by atoms with Crippen LogP contribution in [0.3, 0.4) is 0 Å². The molecular formula is C11H14FN3O2. The number of alkyl halides is 1. The zero-order valence-electron chi connectivity index (χ0n) is 9.60. The molecule has 0 amide bonds. The van der Waals surface area contributed by atoms with Crippen LogP contribution in [0.4, 0.5) is 10.2 Å². The predicted octanol–water partition coefficient (Wildman–Crippen LogP) is 1.20. The minimum atomic E-state index is -0.729. The van der Waals surface area contributed by atoms with Crippen molar-refractivity contribution in [3.8, 4) is 0 Å². The summed E-state index contributed by atoms with van der Waals surface area (Å²) in [5, 5.41) is 0. The van der Waals surface area contributed by atoms with Crippen LogP contribution in [-0.2, 0) is 4.74 Å². The van der Waals surface area contributed by atoms with Crippen LogP contribution in [0.5, 0.6) is 0 Å². The number of rotatable bonds is 2. The molecule has 6 heteroatoms. The van der Waals surface area contributed by atoms with E-state index < -0.39 is 12.1 Å². The molecule has 0 aromatic carbocycles. The number of esters is 1. The summed E-state index contributed by atoms with van der Waals surface area (Å²) in [6, 6.07) is 1.71. The van der Waals surface area contributed by atoms with Crippen molar-refractivity contribution >= 4 is 11.8 Å². The van der Waals surface area contributed by atoms with Gasteiger partial charge in [-0.15, -0.1) is 0 Å². The monoisotopic (exact) mass is 239 g/mol. The first kappa shape index (κ1) is 11.8. The maximum Gasteiger partial charge on any atom is 0.376 e. The Hall–Kier alpha value is -1.72. The summed E-state index contributed by atoms with van der Waals surface area (Å²) >= 11 is 0. The summed E-state index contributed by atoms with van der Waals surface area (Å²) in [4.78, 5) is 21.2. The highest BCUT2D eigenvalue weighted by Crippen LogP contribution is 2.19. The van der Waals surface area contributed by atoms with Gasteiger partial charge in [-0.25, -0.2) is 19.2 Å². The van der Waals surface area contributed by atoms with Crippen LogP contribution < -0.4 is 4.90 Å². The second kappa shape index (κ2) is 5.07. The maximum atomic E-state index is 13.0. The van der Waals surface area contributed by atoms with Crippen molar-refractivity contribution in [2.24, 2.45) is 0 Å². The topological polar surface area (TPSA) is 55.3 Å². The molecule has 0 saturated carbocycles. The first-order valence-corrected chi connectivity index (χ1v) is 5.51. The minimum Gasteiger partial charge on any atom is -0.463 e. The maximum absolute atomic E-state index is 13.0. The lowest BCUT2D eigenvalue weighted by Gasteiger charge is -2.29. The molecule has 1 aliphatic heterocycles. The van der Waals surface area contributed by atoms with Crippen molar-refractivity contribution in [3.05, 3.63) is 18.1 Å². The summed E-state index contributed by atoms with van der Waals surface area (Å²) in [7, 11) is 1.28. The molecule has 1 aliphatic rings. The highest BCUT2D eigenvalue weighted by Gasteiger charge is 2.20. The standard InChI is InChI=1S/C11H14FN3O2/c1-17-11(16)10-13-5-2-9(14-10)15-6-3-8(12)4-7-15/h2,5,8H,3-4,6-7H2,1H3. The zero-order chi connectivity index (χ0) is 12.3. The van der Waals surface area contributed by atoms with Gasteiger partial charge in [0.2, 0.25) is 5.82 Å². The van der Waals surface area contributed by atoms with Crippen molar-refractivity contribution in [1.29, 1.82) is 0 Å². The second-order valence-corrected chi connectivity index (χ2v) is 3.89. The number of carbonyl (C=O) groups excluding carboxylic acids is 1. The summed E-state index contributed by atoms with van der Waals surface area (Å²) in [6.45, 7) is 1.22. The fourth-order valence-corrected chi connectivity index (χ4v) is 1.79. The van der Waals surface area contributed by atoms with E-state index in [0.29, 0.717) is 31.7 Å². The molecule has 1 fully saturated rings. The van der Waals surface area contributed by atoms with E-state index in [1.807, 2.05) is 4.90 Å². The molecule has 1 saturated heterocycles. The summed E-state index contributed by atoms with van der Waals surface area (Å²) in [5.74, 6) is 0.117. The second-order valence-electron chi connectivity index (χ2n) is 3.89. The van der Waals surface area contributed by atoms with Crippen LogP contribution in [0.2, 0.25) is 0 Å². The van der Waals surface area contributed by atoms with Gasteiger partial charge in [0.15, 0.2) is 0 Å². The van der Waals surface area contributed by atoms with Crippen LogP contribution >= 0.6 is 0 Å². The van der Waals surface area contributed by atoms with E-state index in [-0.39, 0.29) is 5.82 Å². The molecule has 0 radical (unpaired) electrons. The molecule has 1 aromatic heterocycles. The van der Waals surface area contributed by atoms with Gasteiger partial charge in [-0.1, -0.05) is 0 Å². The summed E-state index contributed by atoms with van der Waals surface area (Å²) in [5.41, 5.74) is 0. The predicted molar refractivity (Wildman–Crippen MR) is 59.7 cm³/mol. The molecule has 1 aromatic rings. The number of anilines is 1. The van der Waals surface area contributed by atoms with E-state index in [2.05, 4.69) is 14.7 Å². The molecule has 0 atom stereocenters. The summed E-state index contributed by atoms with van der Waals surface area (Å²) in [6.07, 6.45) is 1.78. The molecule has 92 valence electrons. The van der Waals surface area contributed by atoms with Crippen molar-refractivity contribution in [1.82, 2.24) is 9.97 Å². The van der Waals surface area contributed by atoms with Gasteiger partial charge in [0.1, 0.15) is 12.0 Å². The number of carbonyl (C=O) groups is 1. The Balaban J connectivity index is 2.13. The zero-order valence-corrected chi connectivity index (χ0v) is 9.60. The van der Waals surface area contributed by atoms with Gasteiger partial charge in [0.25, 0.3) is 0 Å². The van der Waals surface area contributed by atoms with Crippen LogP contribution in [0, 0.1) is 0 Å². The fourth-order valence-electron chi connectivity index (χ4n) is 1.79. The van der Waals surface area contributed by atoms with E-state index in [1.54, 1.807) is 6.07 Å². The average molecular weight is 239 g/mol. The van der Waals surface area contributed by atoms with Crippen molar-refractivity contribution < 1.29 is 13.9 Å². The van der Waals surface area contributed by atoms with E-state index in [0.717, 1.165) is 0 Å². The number of piperidine rings is 1. The number of nitrogens with zero attached hydrogens (tertiary/aromatic N) is 3. The highest BCUT2D eigenvalue weighted by molar-refractivity contribution is 5.85. The van der Waals surface area contributed by atoms with Crippen molar-refractivity contribution in [3.63, 3.8) is 0 Å². The van der Waals surface area contributed by atoms with Gasteiger partial charge in [-0.3, -0.25) is 0 Å². The van der Waals surface area contributed by atoms with Crippen molar-refractivity contribution in [2.45, 2.75) is 19.0 Å². The van der Waals surface area contributed by atoms with Crippen LogP contribution in [0.25, 0.3) is 0 Å². The Bertz CT molecular complexity index is 405. The van der Waals surface area contributed by atoms with Gasteiger partial charge >= 0.3 is 5.97 Å². The van der Waals surface area contributed by atoms with E-state index >= 15 is 0 Å². The Kier molecular flexibility index (Phi) is 3.51. The molecule has 17 heavy (non-hydrogen) atoms. The quantitative estimate of drug-likeness (QED) is 0.726. The smallest absolute Gasteiger partial charge is 0.376 e. The number of hydrogen-bond acceptors (Lipinski definition) is 5. The van der Waals surface area contributed by atoms with Gasteiger partial charge in [-0.05, 0) is 18.9 Å². The van der Waals surface area contributed by atoms with E-state index in [4.69, 9.17) is 0 Å². The molecule has 0 N–H and O–H groups in total. The fraction of sp³-hybridized carbons (Fsp3) is 0.545. The molecule has 5 nitrogen and oxygen atoms in total. The first-order chi connectivity index (χ1) is 8.20. The average Bonchev–Trinajstić information content (AvgIpc) is 2.39. The van der Waals surface area contributed by atoms with E-state index in [1.165, 1.54) is 13.3 Å². The van der Waals surface area contributed by atoms with Gasteiger partial charge in [0, 0.05) is 19.3 Å². The third-order valence-corrected chi connectivity index (χ3v) is 2.76. The van der Waals surface area contributed by atoms with E-state index in [9.17, 15) is 9.18 Å². The van der Waals surface area contributed by atoms with Gasteiger partial charge < -0.3 is 9.64 Å². The van der Waals surface area contributed by atoms with Crippen LogP contribution in [0.1, 0.15) is 23.5 Å². The number of ether oxygens (including phenoxy) is 1. The Labute approximate surface area is 98.6 Å². The number of aromatic nitrogens is 2. The Morgan fingerprint density at radius 3 is 2.88 bits per heavy atom. The minimum absolute atomic E-state index is 0.0346. The van der Waals surface area contributed by atoms with Crippen molar-refractivity contribution in [2.75, 3.05) is 25.1 Å². The molecular weight excluding hydrogens is 225 g/mol. The van der Waals surface area contributed by atoms with Crippen LogP contribution in [-0.4, -0.2) is 42.3 Å². The Morgan fingerprint density at radius 2 is 2.24 bits per heavy atom. The molecule has 0 spiro atoms. The Morgan fingerprint density at radius 1 is 1.53 bits per heavy atom. The lowest BCUT2D eigenvalue weighted by molar-refractivity contribution is 0.0586. The van der Waals surface area contributed by atoms with Gasteiger partial charge in [0.05, 0.1) is 7.11 Å². The third kappa shape index (κ3) is 2.69. The molecule has 0 bridgehead atoms. The lowest BCUT2D eigenvalue weighted by Crippen LogP contribution is -2.35. The molecule has 2 rings (SSSR count). The third-order valence-electron chi connectivity index (χ3n) is 2.76.